The average Bonchev–Trinajstić information content (AvgIpc) is 3.29. The molecule has 0 amide bonds. The van der Waals surface area contributed by atoms with Gasteiger partial charge in [0, 0.05) is 38.8 Å². The fourth-order valence-corrected chi connectivity index (χ4v) is 3.65. The summed E-state index contributed by atoms with van der Waals surface area (Å²) >= 11 is 0. The molecular weight excluding hydrogens is 505 g/mol. The topological polar surface area (TPSA) is 66.1 Å². The number of aliphatic imine (C=N–C) groups is 1. The van der Waals surface area contributed by atoms with Gasteiger partial charge in [0.2, 0.25) is 5.89 Å². The molecule has 2 heterocycles. The summed E-state index contributed by atoms with van der Waals surface area (Å²) < 4.78 is 11.1. The van der Waals surface area contributed by atoms with Crippen molar-refractivity contribution in [2.45, 2.75) is 6.54 Å². The van der Waals surface area contributed by atoms with Crippen molar-refractivity contribution < 1.29 is 9.15 Å². The standard InChI is InChI=1S/C23H27N5O2.HI/c1-24-23(25-16-19-17-30-22(26-19)18-8-4-3-5-9-18)28-14-12-27(13-15-28)20-10-6-7-11-21(20)29-2;/h3-11,17H,12-16H2,1-2H3,(H,24,25);1H. The fourth-order valence-electron chi connectivity index (χ4n) is 3.65. The number of nitrogens with one attached hydrogen (secondary N) is 1. The number of nitrogens with zero attached hydrogens (tertiary/aromatic N) is 4. The van der Waals surface area contributed by atoms with Gasteiger partial charge in [-0.15, -0.1) is 24.0 Å². The molecule has 0 saturated carbocycles. The lowest BCUT2D eigenvalue weighted by Crippen LogP contribution is -2.52. The van der Waals surface area contributed by atoms with Crippen LogP contribution in [0, 0.1) is 0 Å². The van der Waals surface area contributed by atoms with Crippen LogP contribution < -0.4 is 15.0 Å². The normalized spacial score (nSPS) is 14.2. The summed E-state index contributed by atoms with van der Waals surface area (Å²) in [6, 6.07) is 18.1. The second kappa shape index (κ2) is 11.0. The molecule has 2 aromatic carbocycles. The zero-order valence-electron chi connectivity index (χ0n) is 17.8. The average molecular weight is 533 g/mol. The number of para-hydroxylation sites is 2. The van der Waals surface area contributed by atoms with Crippen LogP contribution in [-0.4, -0.2) is 56.2 Å². The summed E-state index contributed by atoms with van der Waals surface area (Å²) in [6.07, 6.45) is 1.70. The third-order valence-electron chi connectivity index (χ3n) is 5.22. The summed E-state index contributed by atoms with van der Waals surface area (Å²) in [6.45, 7) is 4.14. The molecule has 1 N–H and O–H groups in total. The minimum Gasteiger partial charge on any atom is -0.495 e. The van der Waals surface area contributed by atoms with Gasteiger partial charge in [0.1, 0.15) is 12.0 Å². The van der Waals surface area contributed by atoms with Gasteiger partial charge in [-0.2, -0.15) is 0 Å². The number of methoxy groups -OCH3 is 1. The van der Waals surface area contributed by atoms with Crippen LogP contribution in [0.5, 0.6) is 5.75 Å². The molecule has 1 aromatic heterocycles. The molecule has 1 fully saturated rings. The maximum Gasteiger partial charge on any atom is 0.226 e. The van der Waals surface area contributed by atoms with Crippen molar-refractivity contribution in [3.05, 3.63) is 66.6 Å². The largest absolute Gasteiger partial charge is 0.495 e. The van der Waals surface area contributed by atoms with Gasteiger partial charge < -0.3 is 24.3 Å². The Hall–Kier alpha value is -2.75. The molecule has 0 aliphatic carbocycles. The molecule has 164 valence electrons. The van der Waals surface area contributed by atoms with Gasteiger partial charge in [-0.05, 0) is 24.3 Å². The minimum absolute atomic E-state index is 0. The monoisotopic (exact) mass is 533 g/mol. The molecule has 0 spiro atoms. The molecule has 1 aliphatic rings. The van der Waals surface area contributed by atoms with E-state index in [4.69, 9.17) is 9.15 Å². The lowest BCUT2D eigenvalue weighted by molar-refractivity contribution is 0.367. The molecule has 8 heteroatoms. The number of aromatic nitrogens is 1. The quantitative estimate of drug-likeness (QED) is 0.305. The van der Waals surface area contributed by atoms with E-state index < -0.39 is 0 Å². The van der Waals surface area contributed by atoms with Crippen LogP contribution in [0.1, 0.15) is 5.69 Å². The number of anilines is 1. The molecule has 0 radical (unpaired) electrons. The van der Waals surface area contributed by atoms with Crippen LogP contribution in [0.15, 0.2) is 70.3 Å². The van der Waals surface area contributed by atoms with Crippen molar-refractivity contribution in [1.82, 2.24) is 15.2 Å². The Kier molecular flexibility index (Phi) is 8.16. The Morgan fingerprint density at radius 1 is 1.06 bits per heavy atom. The van der Waals surface area contributed by atoms with Crippen LogP contribution in [-0.2, 0) is 6.54 Å². The molecule has 0 unspecified atom stereocenters. The summed E-state index contributed by atoms with van der Waals surface area (Å²) in [5.74, 6) is 2.42. The van der Waals surface area contributed by atoms with Gasteiger partial charge in [-0.3, -0.25) is 4.99 Å². The molecule has 4 rings (SSSR count). The molecule has 1 saturated heterocycles. The lowest BCUT2D eigenvalue weighted by Gasteiger charge is -2.38. The van der Waals surface area contributed by atoms with Crippen molar-refractivity contribution in [2.24, 2.45) is 4.99 Å². The third kappa shape index (κ3) is 5.49. The molecule has 1 aliphatic heterocycles. The number of oxazole rings is 1. The van der Waals surface area contributed by atoms with Gasteiger partial charge in [-0.1, -0.05) is 30.3 Å². The Balaban J connectivity index is 0.00000272. The summed E-state index contributed by atoms with van der Waals surface area (Å²) in [7, 11) is 3.53. The van der Waals surface area contributed by atoms with E-state index in [2.05, 4.69) is 31.2 Å². The van der Waals surface area contributed by atoms with Gasteiger partial charge in [0.05, 0.1) is 25.0 Å². The number of rotatable bonds is 5. The van der Waals surface area contributed by atoms with E-state index in [1.165, 1.54) is 0 Å². The van der Waals surface area contributed by atoms with E-state index in [0.29, 0.717) is 12.4 Å². The van der Waals surface area contributed by atoms with Gasteiger partial charge >= 0.3 is 0 Å². The first-order valence-corrected chi connectivity index (χ1v) is 10.1. The van der Waals surface area contributed by atoms with Crippen LogP contribution >= 0.6 is 24.0 Å². The minimum atomic E-state index is 0. The van der Waals surface area contributed by atoms with E-state index in [1.54, 1.807) is 13.4 Å². The number of ether oxygens (including phenoxy) is 1. The highest BCUT2D eigenvalue weighted by molar-refractivity contribution is 14.0. The SMILES string of the molecule is CN=C(NCc1coc(-c2ccccc2)n1)N1CCN(c2ccccc2OC)CC1.I. The van der Waals surface area contributed by atoms with Crippen LogP contribution in [0.3, 0.4) is 0 Å². The summed E-state index contributed by atoms with van der Waals surface area (Å²) in [5.41, 5.74) is 2.96. The zero-order chi connectivity index (χ0) is 20.8. The molecular formula is C23H28IN5O2. The highest BCUT2D eigenvalue weighted by Gasteiger charge is 2.21. The molecule has 0 bridgehead atoms. The fraction of sp³-hybridized carbons (Fsp3) is 0.304. The van der Waals surface area contributed by atoms with Crippen LogP contribution in [0.4, 0.5) is 5.69 Å². The van der Waals surface area contributed by atoms with Crippen molar-refractivity contribution in [1.29, 1.82) is 0 Å². The first kappa shape index (κ1) is 22.9. The maximum absolute atomic E-state index is 5.62. The first-order chi connectivity index (χ1) is 14.8. The first-order valence-electron chi connectivity index (χ1n) is 10.1. The second-order valence-corrected chi connectivity index (χ2v) is 7.06. The summed E-state index contributed by atoms with van der Waals surface area (Å²) in [5, 5.41) is 3.41. The molecule has 0 atom stereocenters. The zero-order valence-corrected chi connectivity index (χ0v) is 20.2. The Morgan fingerprint density at radius 3 is 2.48 bits per heavy atom. The number of guanidine groups is 1. The predicted octanol–water partition coefficient (Wildman–Crippen LogP) is 3.87. The number of benzene rings is 2. The second-order valence-electron chi connectivity index (χ2n) is 7.06. The summed E-state index contributed by atoms with van der Waals surface area (Å²) in [4.78, 5) is 13.7. The molecule has 31 heavy (non-hydrogen) atoms. The van der Waals surface area contributed by atoms with E-state index in [1.807, 2.05) is 55.6 Å². The third-order valence-corrected chi connectivity index (χ3v) is 5.22. The number of halogens is 1. The number of hydrogen-bond donors (Lipinski definition) is 1. The van der Waals surface area contributed by atoms with E-state index in [0.717, 1.165) is 54.8 Å². The number of hydrogen-bond acceptors (Lipinski definition) is 5. The van der Waals surface area contributed by atoms with E-state index in [9.17, 15) is 0 Å². The van der Waals surface area contributed by atoms with Gasteiger partial charge in [0.15, 0.2) is 5.96 Å². The van der Waals surface area contributed by atoms with Crippen LogP contribution in [0.2, 0.25) is 0 Å². The maximum atomic E-state index is 5.62. The van der Waals surface area contributed by atoms with Gasteiger partial charge in [-0.25, -0.2) is 4.98 Å². The Morgan fingerprint density at radius 2 is 1.77 bits per heavy atom. The van der Waals surface area contributed by atoms with Crippen molar-refractivity contribution in [3.8, 4) is 17.2 Å². The highest BCUT2D eigenvalue weighted by Crippen LogP contribution is 2.28. The van der Waals surface area contributed by atoms with Crippen molar-refractivity contribution >= 4 is 35.6 Å². The molecule has 7 nitrogen and oxygen atoms in total. The lowest BCUT2D eigenvalue weighted by atomic mass is 10.2. The smallest absolute Gasteiger partial charge is 0.226 e. The number of piperazine rings is 1. The van der Waals surface area contributed by atoms with Crippen molar-refractivity contribution in [3.63, 3.8) is 0 Å². The van der Waals surface area contributed by atoms with E-state index in [-0.39, 0.29) is 24.0 Å². The van der Waals surface area contributed by atoms with Gasteiger partial charge in [0.25, 0.3) is 0 Å². The predicted molar refractivity (Wildman–Crippen MR) is 134 cm³/mol. The van der Waals surface area contributed by atoms with E-state index >= 15 is 0 Å². The van der Waals surface area contributed by atoms with Crippen molar-refractivity contribution in [2.75, 3.05) is 45.2 Å². The van der Waals surface area contributed by atoms with Crippen LogP contribution in [0.25, 0.3) is 11.5 Å². The Labute approximate surface area is 200 Å². The Bertz CT molecular complexity index is 984. The highest BCUT2D eigenvalue weighted by atomic mass is 127. The molecule has 3 aromatic rings.